The van der Waals surface area contributed by atoms with Gasteiger partial charge in [0.25, 0.3) is 0 Å². The van der Waals surface area contributed by atoms with Crippen molar-refractivity contribution in [1.82, 2.24) is 10.2 Å². The number of nitrogens with zero attached hydrogens (tertiary/aromatic N) is 4. The summed E-state index contributed by atoms with van der Waals surface area (Å²) in [5.41, 5.74) is 2.63. The van der Waals surface area contributed by atoms with E-state index in [0.29, 0.717) is 37.0 Å². The van der Waals surface area contributed by atoms with Gasteiger partial charge in [-0.1, -0.05) is 30.3 Å². The lowest BCUT2D eigenvalue weighted by atomic mass is 9.94. The monoisotopic (exact) mass is 419 g/mol. The highest BCUT2D eigenvalue weighted by atomic mass is 19.1. The molecule has 1 saturated heterocycles. The Morgan fingerprint density at radius 3 is 2.55 bits per heavy atom. The summed E-state index contributed by atoms with van der Waals surface area (Å²) in [6.45, 7) is 12.6. The zero-order valence-corrected chi connectivity index (χ0v) is 17.8. The molecule has 0 unspecified atom stereocenters. The number of aryl methyl sites for hydroxylation is 2. The molecule has 31 heavy (non-hydrogen) atoms. The second-order valence-corrected chi connectivity index (χ2v) is 8.28. The number of aromatic nitrogens is 2. The zero-order chi connectivity index (χ0) is 22.0. The van der Waals surface area contributed by atoms with Crippen LogP contribution in [0.1, 0.15) is 29.5 Å². The van der Waals surface area contributed by atoms with Gasteiger partial charge in [0.1, 0.15) is 5.67 Å². The molecule has 2 heterocycles. The molecule has 6 nitrogen and oxygen atoms in total. The van der Waals surface area contributed by atoms with Gasteiger partial charge in [-0.2, -0.15) is 0 Å². The lowest BCUT2D eigenvalue weighted by molar-refractivity contribution is 0.0480. The minimum atomic E-state index is -1.52. The van der Waals surface area contributed by atoms with Gasteiger partial charge < -0.3 is 15.3 Å². The van der Waals surface area contributed by atoms with Gasteiger partial charge in [-0.3, -0.25) is 0 Å². The van der Waals surface area contributed by atoms with Crippen molar-refractivity contribution in [2.45, 2.75) is 38.9 Å². The maximum Gasteiger partial charge on any atom is 0.188 e. The summed E-state index contributed by atoms with van der Waals surface area (Å²) in [7, 11) is 0. The predicted molar refractivity (Wildman–Crippen MR) is 121 cm³/mol. The fourth-order valence-corrected chi connectivity index (χ4v) is 3.94. The van der Waals surface area contributed by atoms with Crippen molar-refractivity contribution >= 4 is 28.1 Å². The van der Waals surface area contributed by atoms with Gasteiger partial charge in [-0.05, 0) is 36.6 Å². The van der Waals surface area contributed by atoms with E-state index >= 15 is 0 Å². The van der Waals surface area contributed by atoms with E-state index in [4.69, 9.17) is 6.57 Å². The van der Waals surface area contributed by atoms with Crippen LogP contribution >= 0.6 is 0 Å². The van der Waals surface area contributed by atoms with Crippen molar-refractivity contribution in [3.8, 4) is 0 Å². The summed E-state index contributed by atoms with van der Waals surface area (Å²) in [5.74, 6) is 1.30. The number of nitrogens with one attached hydrogen (secondary N) is 1. The fourth-order valence-electron chi connectivity index (χ4n) is 3.94. The van der Waals surface area contributed by atoms with E-state index in [9.17, 15) is 9.50 Å². The van der Waals surface area contributed by atoms with Crippen LogP contribution in [0.5, 0.6) is 0 Å². The molecule has 7 heteroatoms. The average Bonchev–Trinajstić information content (AvgIpc) is 2.80. The first kappa shape index (κ1) is 21.0. The van der Waals surface area contributed by atoms with E-state index in [0.717, 1.165) is 16.3 Å². The number of piperidine rings is 1. The Kier molecular flexibility index (Phi) is 5.75. The Hall–Kier alpha value is -3.24. The molecule has 0 spiro atoms. The van der Waals surface area contributed by atoms with Gasteiger partial charge >= 0.3 is 0 Å². The molecule has 1 aromatic heterocycles. The second kappa shape index (κ2) is 8.48. The maximum absolute atomic E-state index is 14.4. The number of aliphatic hydroxyl groups excluding tert-OH is 1. The number of anilines is 2. The highest BCUT2D eigenvalue weighted by Gasteiger charge is 2.34. The first-order chi connectivity index (χ1) is 14.9. The van der Waals surface area contributed by atoms with Crippen molar-refractivity contribution in [3.63, 3.8) is 0 Å². The number of fused-ring (bicyclic) bond motifs is 1. The number of benzene rings is 2. The first-order valence-corrected chi connectivity index (χ1v) is 10.4. The largest absolute Gasteiger partial charge is 0.393 e. The lowest BCUT2D eigenvalue weighted by Gasteiger charge is -2.36. The van der Waals surface area contributed by atoms with Crippen LogP contribution in [0.25, 0.3) is 15.6 Å². The quantitative estimate of drug-likeness (QED) is 0.587. The van der Waals surface area contributed by atoms with Gasteiger partial charge in [-0.25, -0.2) is 9.24 Å². The lowest BCUT2D eigenvalue weighted by Crippen LogP contribution is -2.44. The summed E-state index contributed by atoms with van der Waals surface area (Å²) >= 11 is 0. The molecule has 160 valence electrons. The molecule has 0 amide bonds. The second-order valence-electron chi connectivity index (χ2n) is 8.28. The molecular weight excluding hydrogens is 393 g/mol. The summed E-state index contributed by atoms with van der Waals surface area (Å²) in [6, 6.07) is 11.8. The molecule has 2 N–H and O–H groups in total. The SMILES string of the molecule is [C-]#[N+]c1ccc2c(N3CCC(F)(CO)CC3)nnc(NCc3ccc(C)c(C)c3)c2c1. The number of alkyl halides is 1. The van der Waals surface area contributed by atoms with E-state index in [1.165, 1.54) is 11.1 Å². The first-order valence-electron chi connectivity index (χ1n) is 10.4. The number of halogens is 1. The molecule has 1 fully saturated rings. The molecule has 0 radical (unpaired) electrons. The maximum atomic E-state index is 14.4. The van der Waals surface area contributed by atoms with Crippen molar-refractivity contribution in [2.75, 3.05) is 29.9 Å². The Balaban J connectivity index is 1.65. The third-order valence-electron chi connectivity index (χ3n) is 6.15. The van der Waals surface area contributed by atoms with E-state index in [2.05, 4.69) is 52.4 Å². The third-order valence-corrected chi connectivity index (χ3v) is 6.15. The topological polar surface area (TPSA) is 65.6 Å². The minimum Gasteiger partial charge on any atom is -0.393 e. The van der Waals surface area contributed by atoms with Gasteiger partial charge in [0.2, 0.25) is 0 Å². The Bertz CT molecular complexity index is 1150. The summed E-state index contributed by atoms with van der Waals surface area (Å²) < 4.78 is 14.4. The van der Waals surface area contributed by atoms with E-state index in [1.807, 2.05) is 17.0 Å². The predicted octanol–water partition coefficient (Wildman–Crippen LogP) is 4.71. The third kappa shape index (κ3) is 4.30. The van der Waals surface area contributed by atoms with Crippen LogP contribution in [-0.2, 0) is 6.54 Å². The molecule has 1 aliphatic rings. The number of hydrogen-bond acceptors (Lipinski definition) is 5. The van der Waals surface area contributed by atoms with Crippen molar-refractivity contribution in [2.24, 2.45) is 0 Å². The highest BCUT2D eigenvalue weighted by molar-refractivity contribution is 6.00. The normalized spacial score (nSPS) is 15.6. The molecular formula is C24H26FN5O. The highest BCUT2D eigenvalue weighted by Crippen LogP contribution is 2.35. The number of rotatable bonds is 5. The molecule has 0 saturated carbocycles. The minimum absolute atomic E-state index is 0.250. The molecule has 4 rings (SSSR count). The molecule has 0 aliphatic carbocycles. The number of aliphatic hydroxyl groups is 1. The van der Waals surface area contributed by atoms with Gasteiger partial charge in [0.15, 0.2) is 17.3 Å². The van der Waals surface area contributed by atoms with Crippen LogP contribution in [0.15, 0.2) is 36.4 Å². The van der Waals surface area contributed by atoms with Crippen LogP contribution in [0, 0.1) is 20.4 Å². The summed E-state index contributed by atoms with van der Waals surface area (Å²) in [6.07, 6.45) is 0.499. The average molecular weight is 420 g/mol. The van der Waals surface area contributed by atoms with Crippen LogP contribution < -0.4 is 10.2 Å². The molecule has 0 bridgehead atoms. The smallest absolute Gasteiger partial charge is 0.188 e. The standard InChI is InChI=1S/C24H26FN5O/c1-16-4-5-18(12-17(16)2)14-27-22-21-13-19(26-3)6-7-20(21)23(29-28-22)30-10-8-24(25,15-31)9-11-30/h4-7,12-13,31H,8-11,14-15H2,1-2H3,(H,27,28). The Morgan fingerprint density at radius 2 is 1.87 bits per heavy atom. The Labute approximate surface area is 181 Å². The molecule has 1 aliphatic heterocycles. The number of hydrogen-bond donors (Lipinski definition) is 2. The van der Waals surface area contributed by atoms with Crippen molar-refractivity contribution < 1.29 is 9.50 Å². The van der Waals surface area contributed by atoms with Crippen molar-refractivity contribution in [1.29, 1.82) is 0 Å². The van der Waals surface area contributed by atoms with Gasteiger partial charge in [0.05, 0.1) is 13.2 Å². The van der Waals surface area contributed by atoms with Crippen LogP contribution in [0.2, 0.25) is 0 Å². The molecule has 2 aromatic carbocycles. The van der Waals surface area contributed by atoms with Crippen LogP contribution in [-0.4, -0.2) is 40.7 Å². The molecule has 0 atom stereocenters. The van der Waals surface area contributed by atoms with Gasteiger partial charge in [-0.15, -0.1) is 10.2 Å². The zero-order valence-electron chi connectivity index (χ0n) is 17.8. The van der Waals surface area contributed by atoms with Crippen LogP contribution in [0.3, 0.4) is 0 Å². The fraction of sp³-hybridized carbons (Fsp3) is 0.375. The molecule has 3 aromatic rings. The van der Waals surface area contributed by atoms with Crippen molar-refractivity contribution in [3.05, 3.63) is 64.5 Å². The Morgan fingerprint density at radius 1 is 1.10 bits per heavy atom. The summed E-state index contributed by atoms with van der Waals surface area (Å²) in [4.78, 5) is 5.56. The van der Waals surface area contributed by atoms with E-state index in [-0.39, 0.29) is 12.8 Å². The van der Waals surface area contributed by atoms with E-state index < -0.39 is 12.3 Å². The van der Waals surface area contributed by atoms with Gasteiger partial charge in [0, 0.05) is 43.2 Å². The van der Waals surface area contributed by atoms with E-state index in [1.54, 1.807) is 6.07 Å². The summed E-state index contributed by atoms with van der Waals surface area (Å²) in [5, 5.41) is 23.2. The van der Waals surface area contributed by atoms with Crippen LogP contribution in [0.4, 0.5) is 21.7 Å².